The Morgan fingerprint density at radius 1 is 1.11 bits per heavy atom. The fourth-order valence-corrected chi connectivity index (χ4v) is 5.65. The lowest BCUT2D eigenvalue weighted by molar-refractivity contribution is 0.187. The largest absolute Gasteiger partial charge is 0.379 e. The van der Waals surface area contributed by atoms with Gasteiger partial charge >= 0.3 is 0 Å². The number of aryl methyl sites for hydroxylation is 1. The lowest BCUT2D eigenvalue weighted by Crippen LogP contribution is -2.52. The molecule has 5 heterocycles. The van der Waals surface area contributed by atoms with Gasteiger partial charge in [-0.15, -0.1) is 0 Å². The topological polar surface area (TPSA) is 93.0 Å². The summed E-state index contributed by atoms with van der Waals surface area (Å²) in [6.45, 7) is 5.91. The first kappa shape index (κ1) is 23.4. The van der Waals surface area contributed by atoms with Crippen LogP contribution in [0.15, 0.2) is 36.7 Å². The first-order chi connectivity index (χ1) is 18.5. The molecular weight excluding hydrogens is 490 g/mol. The number of halogens is 2. The molecule has 1 aliphatic carbocycles. The van der Waals surface area contributed by atoms with E-state index in [1.54, 1.807) is 6.07 Å². The number of nitrogens with zero attached hydrogens (tertiary/aromatic N) is 6. The van der Waals surface area contributed by atoms with Gasteiger partial charge in [-0.2, -0.15) is 0 Å². The minimum absolute atomic E-state index is 0.00328. The number of pyridine rings is 1. The summed E-state index contributed by atoms with van der Waals surface area (Å²) in [6, 6.07) is 6.94. The fourth-order valence-electron chi connectivity index (χ4n) is 5.65. The molecule has 0 bridgehead atoms. The third-order valence-electron chi connectivity index (χ3n) is 7.80. The molecule has 1 spiro atoms. The maximum Gasteiger partial charge on any atom is 0.229 e. The zero-order valence-electron chi connectivity index (χ0n) is 21.0. The third kappa shape index (κ3) is 4.15. The maximum absolute atomic E-state index is 15.1. The number of rotatable bonds is 5. The molecule has 0 unspecified atom stereocenters. The predicted octanol–water partition coefficient (Wildman–Crippen LogP) is 4.12. The van der Waals surface area contributed by atoms with E-state index in [-0.39, 0.29) is 28.7 Å². The van der Waals surface area contributed by atoms with Crippen LogP contribution in [0, 0.1) is 18.6 Å². The number of piperazine rings is 1. The van der Waals surface area contributed by atoms with Crippen LogP contribution in [0.2, 0.25) is 0 Å². The van der Waals surface area contributed by atoms with Gasteiger partial charge in [0, 0.05) is 37.3 Å². The number of hydrogen-bond donors (Lipinski definition) is 2. The minimum atomic E-state index is -0.641. The highest BCUT2D eigenvalue weighted by atomic mass is 19.1. The van der Waals surface area contributed by atoms with Crippen LogP contribution in [0.1, 0.15) is 31.1 Å². The third-order valence-corrected chi connectivity index (χ3v) is 7.80. The number of nitrogens with one attached hydrogen (secondary N) is 2. The van der Waals surface area contributed by atoms with E-state index < -0.39 is 11.6 Å². The quantitative estimate of drug-likeness (QED) is 0.408. The van der Waals surface area contributed by atoms with Gasteiger partial charge in [-0.1, -0.05) is 0 Å². The van der Waals surface area contributed by atoms with Crippen LogP contribution in [0.5, 0.6) is 0 Å². The van der Waals surface area contributed by atoms with E-state index in [4.69, 9.17) is 4.74 Å². The molecule has 1 aromatic carbocycles. The Hall–Kier alpha value is -3.70. The van der Waals surface area contributed by atoms with Crippen LogP contribution >= 0.6 is 0 Å². The van der Waals surface area contributed by atoms with Crippen molar-refractivity contribution >= 4 is 28.5 Å². The minimum Gasteiger partial charge on any atom is -0.379 e. The lowest BCUT2D eigenvalue weighted by Gasteiger charge is -2.35. The van der Waals surface area contributed by atoms with Gasteiger partial charge in [0.25, 0.3) is 0 Å². The van der Waals surface area contributed by atoms with Gasteiger partial charge in [0.05, 0.1) is 36.2 Å². The van der Waals surface area contributed by atoms with Crippen LogP contribution in [-0.2, 0) is 4.74 Å². The molecule has 0 amide bonds. The second-order valence-electron chi connectivity index (χ2n) is 10.4. The SMILES string of the molecule is Cc1nc2c(F)cc(-c3nc(Nc4ccc(N5CCNC6(CC6)C5)cn4)ncc3F)cc2n1[C@H]1CCOC1. The average Bonchev–Trinajstić information content (AvgIpc) is 3.29. The normalized spacial score (nSPS) is 20.4. The summed E-state index contributed by atoms with van der Waals surface area (Å²) in [4.78, 5) is 19.8. The summed E-state index contributed by atoms with van der Waals surface area (Å²) in [5, 5.41) is 6.67. The second kappa shape index (κ2) is 8.95. The van der Waals surface area contributed by atoms with E-state index in [1.165, 1.54) is 18.9 Å². The smallest absolute Gasteiger partial charge is 0.229 e. The first-order valence-electron chi connectivity index (χ1n) is 13.0. The Bertz CT molecular complexity index is 1510. The number of aromatic nitrogens is 5. The van der Waals surface area contributed by atoms with Crippen molar-refractivity contribution in [3.63, 3.8) is 0 Å². The predicted molar refractivity (Wildman–Crippen MR) is 140 cm³/mol. The van der Waals surface area contributed by atoms with Crippen molar-refractivity contribution in [3.05, 3.63) is 54.1 Å². The van der Waals surface area contributed by atoms with Crippen LogP contribution in [0.3, 0.4) is 0 Å². The van der Waals surface area contributed by atoms with E-state index in [9.17, 15) is 4.39 Å². The Morgan fingerprint density at radius 2 is 2.00 bits per heavy atom. The van der Waals surface area contributed by atoms with E-state index in [1.807, 2.05) is 29.8 Å². The van der Waals surface area contributed by atoms with Gasteiger partial charge < -0.3 is 24.8 Å². The Balaban J connectivity index is 1.16. The molecule has 1 atom stereocenters. The number of ether oxygens (including phenoxy) is 1. The van der Waals surface area contributed by atoms with Gasteiger partial charge in [0.1, 0.15) is 22.9 Å². The zero-order chi connectivity index (χ0) is 25.9. The molecule has 7 rings (SSSR count). The van der Waals surface area contributed by atoms with Crippen LogP contribution in [0.4, 0.5) is 26.2 Å². The molecule has 9 nitrogen and oxygen atoms in total. The zero-order valence-corrected chi connectivity index (χ0v) is 21.0. The van der Waals surface area contributed by atoms with Crippen molar-refractivity contribution in [2.24, 2.45) is 0 Å². The molecule has 1 saturated carbocycles. The highest BCUT2D eigenvalue weighted by Crippen LogP contribution is 2.39. The molecule has 3 aliphatic rings. The summed E-state index contributed by atoms with van der Waals surface area (Å²) < 4.78 is 37.6. The van der Waals surface area contributed by atoms with Gasteiger partial charge in [0.2, 0.25) is 5.95 Å². The highest BCUT2D eigenvalue weighted by Gasteiger charge is 2.45. The number of benzene rings is 1. The van der Waals surface area contributed by atoms with Crippen LogP contribution in [-0.4, -0.2) is 62.9 Å². The second-order valence-corrected chi connectivity index (χ2v) is 10.4. The van der Waals surface area contributed by atoms with Crippen LogP contribution in [0.25, 0.3) is 22.3 Å². The summed E-state index contributed by atoms with van der Waals surface area (Å²) in [5.74, 6) is 0.246. The summed E-state index contributed by atoms with van der Waals surface area (Å²) in [6.07, 6.45) is 6.16. The van der Waals surface area contributed by atoms with Gasteiger partial charge in [-0.3, -0.25) is 0 Å². The van der Waals surface area contributed by atoms with E-state index in [2.05, 4.69) is 35.5 Å². The van der Waals surface area contributed by atoms with Gasteiger partial charge in [-0.05, 0) is 50.5 Å². The lowest BCUT2D eigenvalue weighted by atomic mass is 10.1. The highest BCUT2D eigenvalue weighted by molar-refractivity contribution is 5.83. The molecule has 2 saturated heterocycles. The molecule has 11 heteroatoms. The standard InChI is InChI=1S/C27H28F2N8O/c1-16-33-25-20(28)10-17(11-22(25)37(16)19-4-9-38-14-19)24-21(29)13-31-26(35-24)34-23-3-2-18(12-30-23)36-8-7-32-27(15-36)5-6-27/h2-3,10-13,19,32H,4-9,14-15H2,1H3,(H,30,31,34,35)/t19-/m0/s1. The Morgan fingerprint density at radius 3 is 2.76 bits per heavy atom. The molecule has 2 N–H and O–H groups in total. The maximum atomic E-state index is 15.1. The molecule has 2 aliphatic heterocycles. The molecule has 3 aromatic heterocycles. The molecule has 4 aromatic rings. The number of fused-ring (bicyclic) bond motifs is 1. The van der Waals surface area contributed by atoms with Crippen molar-refractivity contribution < 1.29 is 13.5 Å². The Labute approximate surface area is 218 Å². The van der Waals surface area contributed by atoms with Crippen LogP contribution < -0.4 is 15.5 Å². The fraction of sp³-hybridized carbons (Fsp3) is 0.407. The summed E-state index contributed by atoms with van der Waals surface area (Å²) >= 11 is 0. The number of hydrogen-bond acceptors (Lipinski definition) is 8. The van der Waals surface area contributed by atoms with Gasteiger partial charge in [0.15, 0.2) is 11.6 Å². The van der Waals surface area contributed by atoms with Crippen molar-refractivity contribution in [2.75, 3.05) is 43.1 Å². The molecule has 196 valence electrons. The average molecular weight is 519 g/mol. The first-order valence-corrected chi connectivity index (χ1v) is 13.0. The van der Waals surface area contributed by atoms with Gasteiger partial charge in [-0.25, -0.2) is 28.7 Å². The number of anilines is 3. The van der Waals surface area contributed by atoms with Crippen molar-refractivity contribution in [2.45, 2.75) is 37.8 Å². The van der Waals surface area contributed by atoms with Crippen molar-refractivity contribution in [1.29, 1.82) is 0 Å². The monoisotopic (exact) mass is 518 g/mol. The van der Waals surface area contributed by atoms with E-state index >= 15 is 4.39 Å². The van der Waals surface area contributed by atoms with Crippen molar-refractivity contribution in [1.82, 2.24) is 29.8 Å². The number of imidazole rings is 1. The molecule has 3 fully saturated rings. The Kier molecular flexibility index (Phi) is 5.52. The summed E-state index contributed by atoms with van der Waals surface area (Å²) in [7, 11) is 0. The van der Waals surface area contributed by atoms with E-state index in [0.717, 1.165) is 37.9 Å². The van der Waals surface area contributed by atoms with Crippen molar-refractivity contribution in [3.8, 4) is 11.3 Å². The molecular formula is C27H28F2N8O. The van der Waals surface area contributed by atoms with E-state index in [0.29, 0.717) is 35.9 Å². The molecule has 0 radical (unpaired) electrons. The summed E-state index contributed by atoms with van der Waals surface area (Å²) in [5.41, 5.74) is 2.51. The molecule has 38 heavy (non-hydrogen) atoms.